The lowest BCUT2D eigenvalue weighted by atomic mass is 10.1. The molecule has 0 saturated carbocycles. The molecule has 0 amide bonds. The molecule has 1 unspecified atom stereocenters. The molecule has 1 aliphatic rings. The van der Waals surface area contributed by atoms with E-state index in [1.54, 1.807) is 12.3 Å². The second-order valence-corrected chi connectivity index (χ2v) is 4.25. The van der Waals surface area contributed by atoms with E-state index < -0.39 is 5.97 Å². The van der Waals surface area contributed by atoms with Crippen LogP contribution in [0, 0.1) is 0 Å². The number of ether oxygens (including phenoxy) is 1. The summed E-state index contributed by atoms with van der Waals surface area (Å²) in [6, 6.07) is 3.85. The van der Waals surface area contributed by atoms with Crippen molar-refractivity contribution in [1.82, 2.24) is 9.88 Å². The Morgan fingerprint density at radius 1 is 1.71 bits per heavy atom. The van der Waals surface area contributed by atoms with Gasteiger partial charge in [-0.3, -0.25) is 4.90 Å². The number of hydrogen-bond acceptors (Lipinski definition) is 4. The molecule has 1 aromatic heterocycles. The topological polar surface area (TPSA) is 62.7 Å². The van der Waals surface area contributed by atoms with Gasteiger partial charge in [-0.05, 0) is 24.6 Å². The molecular formula is C12H16N2O3. The fourth-order valence-corrected chi connectivity index (χ4v) is 1.92. The van der Waals surface area contributed by atoms with E-state index in [0.717, 1.165) is 31.9 Å². The molecule has 1 fully saturated rings. The number of pyridine rings is 1. The third-order valence-electron chi connectivity index (χ3n) is 2.93. The number of carbonyl (C=O) groups is 1. The first-order chi connectivity index (χ1) is 8.16. The lowest BCUT2D eigenvalue weighted by Crippen LogP contribution is -2.42. The van der Waals surface area contributed by atoms with Crippen LogP contribution >= 0.6 is 0 Å². The highest BCUT2D eigenvalue weighted by Gasteiger charge is 2.19. The summed E-state index contributed by atoms with van der Waals surface area (Å²) in [7, 11) is 0. The van der Waals surface area contributed by atoms with Crippen molar-refractivity contribution in [3.05, 3.63) is 29.6 Å². The second kappa shape index (κ2) is 5.25. The van der Waals surface area contributed by atoms with Gasteiger partial charge >= 0.3 is 5.97 Å². The minimum atomic E-state index is -0.984. The van der Waals surface area contributed by atoms with Crippen LogP contribution in [0.15, 0.2) is 18.3 Å². The highest BCUT2D eigenvalue weighted by Crippen LogP contribution is 2.12. The van der Waals surface area contributed by atoms with Crippen molar-refractivity contribution in [2.75, 3.05) is 19.8 Å². The third-order valence-corrected chi connectivity index (χ3v) is 2.93. The van der Waals surface area contributed by atoms with Crippen LogP contribution in [0.3, 0.4) is 0 Å². The van der Waals surface area contributed by atoms with Crippen molar-refractivity contribution < 1.29 is 14.6 Å². The Labute approximate surface area is 100 Å². The zero-order chi connectivity index (χ0) is 12.3. The lowest BCUT2D eigenvalue weighted by Gasteiger charge is -2.33. The minimum Gasteiger partial charge on any atom is -0.477 e. The first-order valence-electron chi connectivity index (χ1n) is 5.67. The van der Waals surface area contributed by atoms with E-state index in [2.05, 4.69) is 16.8 Å². The van der Waals surface area contributed by atoms with Gasteiger partial charge in [-0.15, -0.1) is 0 Å². The fourth-order valence-electron chi connectivity index (χ4n) is 1.92. The maximum absolute atomic E-state index is 10.8. The van der Waals surface area contributed by atoms with Crippen molar-refractivity contribution >= 4 is 5.97 Å². The van der Waals surface area contributed by atoms with Crippen LogP contribution in [0.25, 0.3) is 0 Å². The number of carboxylic acid groups (broad SMARTS) is 1. The Balaban J connectivity index is 2.07. The Bertz CT molecular complexity index is 408. The number of carboxylic acids is 1. The standard InChI is InChI=1S/C12H16N2O3/c1-9-8-17-5-4-14(9)7-10-2-3-13-11(6-10)12(15)16/h2-3,6,9H,4-5,7-8H2,1H3,(H,15,16). The van der Waals surface area contributed by atoms with Gasteiger partial charge in [0, 0.05) is 25.3 Å². The highest BCUT2D eigenvalue weighted by molar-refractivity contribution is 5.85. The molecule has 2 heterocycles. The number of morpholine rings is 1. The van der Waals surface area contributed by atoms with Crippen molar-refractivity contribution in [1.29, 1.82) is 0 Å². The van der Waals surface area contributed by atoms with Gasteiger partial charge in [0.1, 0.15) is 5.69 Å². The zero-order valence-corrected chi connectivity index (χ0v) is 9.80. The third kappa shape index (κ3) is 3.01. The van der Waals surface area contributed by atoms with Crippen LogP contribution in [0.2, 0.25) is 0 Å². The molecule has 0 bridgehead atoms. The summed E-state index contributed by atoms with van der Waals surface area (Å²) in [5.41, 5.74) is 1.08. The van der Waals surface area contributed by atoms with E-state index in [1.165, 1.54) is 0 Å². The Hall–Kier alpha value is -1.46. The molecule has 2 rings (SSSR count). The summed E-state index contributed by atoms with van der Waals surface area (Å²) in [4.78, 5) is 16.9. The molecule has 1 saturated heterocycles. The number of hydrogen-bond donors (Lipinski definition) is 1. The van der Waals surface area contributed by atoms with E-state index in [0.29, 0.717) is 6.04 Å². The normalized spacial score (nSPS) is 21.4. The van der Waals surface area contributed by atoms with E-state index in [1.807, 2.05) is 6.07 Å². The highest BCUT2D eigenvalue weighted by atomic mass is 16.5. The van der Waals surface area contributed by atoms with Crippen LogP contribution in [0.4, 0.5) is 0 Å². The summed E-state index contributed by atoms with van der Waals surface area (Å²) in [5.74, 6) is -0.984. The molecule has 0 aromatic carbocycles. The number of nitrogens with zero attached hydrogens (tertiary/aromatic N) is 2. The summed E-state index contributed by atoms with van der Waals surface area (Å²) >= 11 is 0. The van der Waals surface area contributed by atoms with Gasteiger partial charge < -0.3 is 9.84 Å². The summed E-state index contributed by atoms with van der Waals surface area (Å²) in [6.07, 6.45) is 1.55. The quantitative estimate of drug-likeness (QED) is 0.848. The molecule has 0 radical (unpaired) electrons. The summed E-state index contributed by atoms with van der Waals surface area (Å²) in [5, 5.41) is 8.87. The molecular weight excluding hydrogens is 220 g/mol. The predicted octanol–water partition coefficient (Wildman–Crippen LogP) is 1.00. The average molecular weight is 236 g/mol. The van der Waals surface area contributed by atoms with Crippen molar-refractivity contribution in [2.45, 2.75) is 19.5 Å². The maximum Gasteiger partial charge on any atom is 0.354 e. The van der Waals surface area contributed by atoms with Gasteiger partial charge in [-0.2, -0.15) is 0 Å². The number of rotatable bonds is 3. The fraction of sp³-hybridized carbons (Fsp3) is 0.500. The lowest BCUT2D eigenvalue weighted by molar-refractivity contribution is -0.00439. The first-order valence-corrected chi connectivity index (χ1v) is 5.67. The molecule has 1 atom stereocenters. The molecule has 0 spiro atoms. The van der Waals surface area contributed by atoms with Gasteiger partial charge in [0.05, 0.1) is 13.2 Å². The van der Waals surface area contributed by atoms with Crippen LogP contribution in [0.5, 0.6) is 0 Å². The molecule has 92 valence electrons. The van der Waals surface area contributed by atoms with Gasteiger partial charge in [0.2, 0.25) is 0 Å². The molecule has 17 heavy (non-hydrogen) atoms. The summed E-state index contributed by atoms with van der Waals surface area (Å²) in [6.45, 7) is 5.20. The van der Waals surface area contributed by atoms with Crippen LogP contribution < -0.4 is 0 Å². The minimum absolute atomic E-state index is 0.100. The number of aromatic carboxylic acids is 1. The smallest absolute Gasteiger partial charge is 0.354 e. The molecule has 1 aromatic rings. The van der Waals surface area contributed by atoms with Gasteiger partial charge in [-0.25, -0.2) is 9.78 Å². The monoisotopic (exact) mass is 236 g/mol. The zero-order valence-electron chi connectivity index (χ0n) is 9.80. The second-order valence-electron chi connectivity index (χ2n) is 4.25. The van der Waals surface area contributed by atoms with Crippen LogP contribution in [0.1, 0.15) is 23.0 Å². The van der Waals surface area contributed by atoms with E-state index in [4.69, 9.17) is 9.84 Å². The molecule has 1 N–H and O–H groups in total. The van der Waals surface area contributed by atoms with E-state index >= 15 is 0 Å². The average Bonchev–Trinajstić information content (AvgIpc) is 2.32. The molecule has 5 heteroatoms. The van der Waals surface area contributed by atoms with Gasteiger partial charge in [0.15, 0.2) is 0 Å². The maximum atomic E-state index is 10.8. The van der Waals surface area contributed by atoms with Gasteiger partial charge in [-0.1, -0.05) is 0 Å². The SMILES string of the molecule is CC1COCCN1Cc1ccnc(C(=O)O)c1. The first kappa shape index (κ1) is 12.0. The van der Waals surface area contributed by atoms with Crippen LogP contribution in [-0.4, -0.2) is 46.8 Å². The Morgan fingerprint density at radius 3 is 3.24 bits per heavy atom. The van der Waals surface area contributed by atoms with Crippen molar-refractivity contribution in [3.8, 4) is 0 Å². The van der Waals surface area contributed by atoms with Crippen molar-refractivity contribution in [2.24, 2.45) is 0 Å². The van der Waals surface area contributed by atoms with E-state index in [9.17, 15) is 4.79 Å². The number of aromatic nitrogens is 1. The van der Waals surface area contributed by atoms with E-state index in [-0.39, 0.29) is 5.69 Å². The molecule has 0 aliphatic carbocycles. The van der Waals surface area contributed by atoms with Crippen molar-refractivity contribution in [3.63, 3.8) is 0 Å². The van der Waals surface area contributed by atoms with Gasteiger partial charge in [0.25, 0.3) is 0 Å². The largest absolute Gasteiger partial charge is 0.477 e. The van der Waals surface area contributed by atoms with Crippen LogP contribution in [-0.2, 0) is 11.3 Å². The Morgan fingerprint density at radius 2 is 2.53 bits per heavy atom. The molecule has 1 aliphatic heterocycles. The summed E-state index contributed by atoms with van der Waals surface area (Å²) < 4.78 is 5.36. The molecule has 5 nitrogen and oxygen atoms in total. The Kier molecular flexibility index (Phi) is 3.71. The predicted molar refractivity (Wildman–Crippen MR) is 61.9 cm³/mol.